The van der Waals surface area contributed by atoms with Crippen LogP contribution in [0.3, 0.4) is 0 Å². The van der Waals surface area contributed by atoms with Crippen LogP contribution in [0.15, 0.2) is 65.6 Å². The Morgan fingerprint density at radius 2 is 1.85 bits per heavy atom. The van der Waals surface area contributed by atoms with Crippen LogP contribution < -0.4 is 14.4 Å². The molecule has 0 bridgehead atoms. The van der Waals surface area contributed by atoms with E-state index in [2.05, 4.69) is 5.32 Å². The van der Waals surface area contributed by atoms with Gasteiger partial charge in [0.05, 0.1) is 34.3 Å². The lowest BCUT2D eigenvalue weighted by atomic mass is 10.0. The van der Waals surface area contributed by atoms with Crippen molar-refractivity contribution in [1.82, 2.24) is 5.32 Å². The molecule has 1 aliphatic carbocycles. The maximum absolute atomic E-state index is 14.1. The molecule has 1 amide bonds. The first kappa shape index (κ1) is 27.3. The third-order valence-electron chi connectivity index (χ3n) is 6.94. The van der Waals surface area contributed by atoms with E-state index < -0.39 is 44.0 Å². The number of hydrogen-bond donors (Lipinski definition) is 1. The van der Waals surface area contributed by atoms with Gasteiger partial charge < -0.3 is 10.1 Å². The lowest BCUT2D eigenvalue weighted by Gasteiger charge is -2.36. The molecular formula is C27H23ClF4N2O4S. The Hall–Kier alpha value is -3.31. The van der Waals surface area contributed by atoms with Crippen molar-refractivity contribution >= 4 is 33.2 Å². The molecule has 1 aliphatic heterocycles. The second-order valence-electron chi connectivity index (χ2n) is 9.86. The van der Waals surface area contributed by atoms with Crippen LogP contribution in [0.25, 0.3) is 11.1 Å². The molecule has 1 saturated carbocycles. The largest absolute Gasteiger partial charge is 0.484 e. The number of alkyl halides is 3. The molecule has 206 valence electrons. The number of benzene rings is 3. The van der Waals surface area contributed by atoms with Crippen LogP contribution in [0.1, 0.15) is 25.3 Å². The zero-order valence-corrected chi connectivity index (χ0v) is 22.1. The van der Waals surface area contributed by atoms with Crippen molar-refractivity contribution in [2.75, 3.05) is 17.4 Å². The Balaban J connectivity index is 1.56. The number of fused-ring (bicyclic) bond motifs is 1. The number of nitrogens with zero attached hydrogens (tertiary/aromatic N) is 1. The molecule has 2 aliphatic rings. The molecule has 0 unspecified atom stereocenters. The quantitative estimate of drug-likeness (QED) is 0.360. The molecule has 1 heterocycles. The third-order valence-corrected chi connectivity index (χ3v) is 9.10. The molecule has 0 radical (unpaired) electrons. The normalized spacial score (nSPS) is 18.2. The van der Waals surface area contributed by atoms with Gasteiger partial charge in [-0.2, -0.15) is 13.2 Å². The van der Waals surface area contributed by atoms with Gasteiger partial charge in [-0.25, -0.2) is 12.8 Å². The molecule has 6 nitrogen and oxygen atoms in total. The minimum absolute atomic E-state index is 0.0139. The fourth-order valence-corrected chi connectivity index (χ4v) is 6.11. The highest BCUT2D eigenvalue weighted by atomic mass is 35.5. The molecule has 3 aromatic carbocycles. The number of halogens is 5. The van der Waals surface area contributed by atoms with Gasteiger partial charge in [-0.15, -0.1) is 0 Å². The molecular weight excluding hydrogens is 560 g/mol. The van der Waals surface area contributed by atoms with Gasteiger partial charge in [0, 0.05) is 11.0 Å². The van der Waals surface area contributed by atoms with Crippen molar-refractivity contribution in [1.29, 1.82) is 0 Å². The van der Waals surface area contributed by atoms with Crippen LogP contribution in [0.2, 0.25) is 5.02 Å². The van der Waals surface area contributed by atoms with E-state index in [9.17, 15) is 30.8 Å². The number of amides is 1. The molecule has 12 heteroatoms. The van der Waals surface area contributed by atoms with E-state index >= 15 is 0 Å². The molecule has 1 atom stereocenters. The number of ether oxygens (including phenoxy) is 1. The van der Waals surface area contributed by atoms with Crippen LogP contribution >= 0.6 is 11.6 Å². The Bertz CT molecular complexity index is 1560. The average Bonchev–Trinajstić information content (AvgIpc) is 3.66. The summed E-state index contributed by atoms with van der Waals surface area (Å²) < 4.78 is 88.8. The summed E-state index contributed by atoms with van der Waals surface area (Å²) in [6.45, 7) is 1.52. The Morgan fingerprint density at radius 1 is 1.13 bits per heavy atom. The standard InChI is InChI=1S/C27H23ClF4N2O4S/c1-26(10-11-26)25(35)33-14-18-15-34(39(36,37)19-5-2-4-17(13-19)27(30,31)32)22-12-16(8-9-23(22)38-18)20-6-3-7-21(29)24(20)28/h2-9,12-13,18H,10-11,14-15H2,1H3,(H,33,35)/t18-/m0/s1. The lowest BCUT2D eigenvalue weighted by Crippen LogP contribution is -2.49. The predicted octanol–water partition coefficient (Wildman–Crippen LogP) is 6.04. The fourth-order valence-electron chi connectivity index (χ4n) is 4.33. The summed E-state index contributed by atoms with van der Waals surface area (Å²) in [4.78, 5) is 11.9. The maximum atomic E-state index is 14.1. The number of anilines is 1. The van der Waals surface area contributed by atoms with Gasteiger partial charge in [-0.1, -0.05) is 42.8 Å². The molecule has 1 N–H and O–H groups in total. The summed E-state index contributed by atoms with van der Waals surface area (Å²) >= 11 is 6.14. The third kappa shape index (κ3) is 5.29. The predicted molar refractivity (Wildman–Crippen MR) is 138 cm³/mol. The lowest BCUT2D eigenvalue weighted by molar-refractivity contribution is -0.137. The Kier molecular flexibility index (Phi) is 6.79. The highest BCUT2D eigenvalue weighted by Gasteiger charge is 2.45. The molecule has 5 rings (SSSR count). The van der Waals surface area contributed by atoms with Crippen molar-refractivity contribution in [2.45, 2.75) is 36.9 Å². The molecule has 1 fully saturated rings. The summed E-state index contributed by atoms with van der Waals surface area (Å²) in [6.07, 6.45) is -4.09. The molecule has 0 spiro atoms. The van der Waals surface area contributed by atoms with E-state index in [1.54, 1.807) is 12.1 Å². The second kappa shape index (κ2) is 9.71. The van der Waals surface area contributed by atoms with Crippen molar-refractivity contribution in [2.24, 2.45) is 5.41 Å². The monoisotopic (exact) mass is 582 g/mol. The molecule has 0 saturated heterocycles. The highest BCUT2D eigenvalue weighted by molar-refractivity contribution is 7.92. The Morgan fingerprint density at radius 3 is 2.54 bits per heavy atom. The number of rotatable bonds is 6. The van der Waals surface area contributed by atoms with Crippen LogP contribution in [0.5, 0.6) is 5.75 Å². The first-order valence-corrected chi connectivity index (χ1v) is 13.8. The van der Waals surface area contributed by atoms with E-state index in [-0.39, 0.29) is 35.5 Å². The van der Waals surface area contributed by atoms with Gasteiger partial charge >= 0.3 is 6.18 Å². The zero-order chi connectivity index (χ0) is 28.2. The zero-order valence-electron chi connectivity index (χ0n) is 20.6. The van der Waals surface area contributed by atoms with Crippen LogP contribution in [-0.4, -0.2) is 33.5 Å². The van der Waals surface area contributed by atoms with Gasteiger partial charge in [0.2, 0.25) is 5.91 Å². The summed E-state index contributed by atoms with van der Waals surface area (Å²) in [7, 11) is -4.53. The van der Waals surface area contributed by atoms with Gasteiger partial charge in [0.1, 0.15) is 17.7 Å². The van der Waals surface area contributed by atoms with Gasteiger partial charge in [-0.3, -0.25) is 9.10 Å². The van der Waals surface area contributed by atoms with Crippen LogP contribution in [0, 0.1) is 11.2 Å². The number of nitrogens with one attached hydrogen (secondary N) is 1. The van der Waals surface area contributed by atoms with Crippen molar-refractivity contribution in [3.05, 3.63) is 77.1 Å². The van der Waals surface area contributed by atoms with Gasteiger partial charge in [0.15, 0.2) is 0 Å². The van der Waals surface area contributed by atoms with E-state index in [1.165, 1.54) is 24.3 Å². The summed E-state index contributed by atoms with van der Waals surface area (Å²) in [5, 5.41) is 2.61. The first-order chi connectivity index (χ1) is 18.3. The summed E-state index contributed by atoms with van der Waals surface area (Å²) in [5.41, 5.74) is -0.863. The number of hydrogen-bond acceptors (Lipinski definition) is 4. The number of sulfonamides is 1. The number of carbonyl (C=O) groups excluding carboxylic acids is 1. The van der Waals surface area contributed by atoms with Crippen LogP contribution in [0.4, 0.5) is 23.2 Å². The first-order valence-electron chi connectivity index (χ1n) is 12.0. The van der Waals surface area contributed by atoms with E-state index in [0.29, 0.717) is 17.2 Å². The number of carbonyl (C=O) groups is 1. The molecule has 0 aromatic heterocycles. The average molecular weight is 583 g/mol. The second-order valence-corrected chi connectivity index (χ2v) is 12.1. The molecule has 3 aromatic rings. The van der Waals surface area contributed by atoms with Crippen molar-refractivity contribution in [3.63, 3.8) is 0 Å². The SMILES string of the molecule is CC1(C(=O)NC[C@H]2CN(S(=O)(=O)c3cccc(C(F)(F)F)c3)c3cc(-c4cccc(F)c4Cl)ccc3O2)CC1. The Labute approximate surface area is 227 Å². The fraction of sp³-hybridized carbons (Fsp3) is 0.296. The van der Waals surface area contributed by atoms with Crippen LogP contribution in [-0.2, 0) is 21.0 Å². The van der Waals surface area contributed by atoms with E-state index in [1.807, 2.05) is 6.92 Å². The molecule has 39 heavy (non-hydrogen) atoms. The van der Waals surface area contributed by atoms with E-state index in [0.717, 1.165) is 35.3 Å². The summed E-state index contributed by atoms with van der Waals surface area (Å²) in [5.74, 6) is -0.720. The maximum Gasteiger partial charge on any atom is 0.416 e. The van der Waals surface area contributed by atoms with Gasteiger partial charge in [0.25, 0.3) is 10.0 Å². The minimum atomic E-state index is -4.75. The topological polar surface area (TPSA) is 75.7 Å². The van der Waals surface area contributed by atoms with E-state index in [4.69, 9.17) is 16.3 Å². The highest BCUT2D eigenvalue weighted by Crippen LogP contribution is 2.45. The van der Waals surface area contributed by atoms with Crippen molar-refractivity contribution < 1.29 is 35.5 Å². The van der Waals surface area contributed by atoms with Crippen molar-refractivity contribution in [3.8, 4) is 16.9 Å². The minimum Gasteiger partial charge on any atom is -0.484 e. The smallest absolute Gasteiger partial charge is 0.416 e. The summed E-state index contributed by atoms with van der Waals surface area (Å²) in [6, 6.07) is 12.1. The van der Waals surface area contributed by atoms with Gasteiger partial charge in [-0.05, 0) is 54.8 Å².